The summed E-state index contributed by atoms with van der Waals surface area (Å²) in [6.45, 7) is 1.52. The van der Waals surface area contributed by atoms with Gasteiger partial charge in [-0.15, -0.1) is 0 Å². The fraction of sp³-hybridized carbons (Fsp3) is 0.0714. The second-order valence-electron chi connectivity index (χ2n) is 3.87. The first kappa shape index (κ1) is 13.4. The number of rotatable bonds is 2. The van der Waals surface area contributed by atoms with Crippen LogP contribution in [-0.2, 0) is 0 Å². The van der Waals surface area contributed by atoms with E-state index in [9.17, 15) is 9.18 Å². The first-order valence-corrected chi connectivity index (χ1v) is 6.83. The maximum Gasteiger partial charge on any atom is 0.159 e. The van der Waals surface area contributed by atoms with Crippen molar-refractivity contribution in [2.24, 2.45) is 0 Å². The molecule has 92 valence electrons. The van der Waals surface area contributed by atoms with Crippen molar-refractivity contribution >= 4 is 37.6 Å². The van der Waals surface area contributed by atoms with Gasteiger partial charge in [-0.3, -0.25) is 4.79 Å². The number of ketones is 1. The highest BCUT2D eigenvalue weighted by Gasteiger charge is 2.10. The Balaban J connectivity index is 2.54. The summed E-state index contributed by atoms with van der Waals surface area (Å²) in [4.78, 5) is 11.3. The van der Waals surface area contributed by atoms with Crippen molar-refractivity contribution in [1.82, 2.24) is 0 Å². The molecule has 0 aromatic heterocycles. The normalized spacial score (nSPS) is 10.4. The zero-order valence-corrected chi connectivity index (χ0v) is 12.7. The SMILES string of the molecule is CC(=O)c1ccc(-c2ccc(F)cc2Br)c(Br)c1. The van der Waals surface area contributed by atoms with Gasteiger partial charge in [-0.2, -0.15) is 0 Å². The topological polar surface area (TPSA) is 17.1 Å². The van der Waals surface area contributed by atoms with E-state index in [1.54, 1.807) is 18.2 Å². The van der Waals surface area contributed by atoms with Crippen LogP contribution in [0.25, 0.3) is 11.1 Å². The molecular weight excluding hydrogens is 363 g/mol. The standard InChI is InChI=1S/C14H9Br2FO/c1-8(18)9-2-4-11(13(15)6-9)12-5-3-10(17)7-14(12)16/h2-7H,1H3. The number of halogens is 3. The lowest BCUT2D eigenvalue weighted by atomic mass is 10.0. The average molecular weight is 372 g/mol. The van der Waals surface area contributed by atoms with E-state index in [1.807, 2.05) is 6.07 Å². The van der Waals surface area contributed by atoms with Crippen molar-refractivity contribution in [2.75, 3.05) is 0 Å². The molecule has 0 radical (unpaired) electrons. The van der Waals surface area contributed by atoms with Crippen LogP contribution >= 0.6 is 31.9 Å². The molecule has 2 aromatic carbocycles. The molecule has 2 rings (SSSR count). The molecule has 18 heavy (non-hydrogen) atoms. The first-order chi connectivity index (χ1) is 8.49. The lowest BCUT2D eigenvalue weighted by Crippen LogP contribution is -1.92. The quantitative estimate of drug-likeness (QED) is 0.661. The van der Waals surface area contributed by atoms with Crippen LogP contribution in [0.3, 0.4) is 0 Å². The number of benzene rings is 2. The smallest absolute Gasteiger partial charge is 0.159 e. The molecule has 0 amide bonds. The Labute approximate surface area is 121 Å². The van der Waals surface area contributed by atoms with Crippen molar-refractivity contribution in [3.63, 3.8) is 0 Å². The molecule has 0 heterocycles. The van der Waals surface area contributed by atoms with Gasteiger partial charge >= 0.3 is 0 Å². The third-order valence-corrected chi connectivity index (χ3v) is 3.91. The third-order valence-electron chi connectivity index (χ3n) is 2.60. The predicted octanol–water partition coefficient (Wildman–Crippen LogP) is 5.22. The first-order valence-electron chi connectivity index (χ1n) is 5.25. The van der Waals surface area contributed by atoms with Crippen LogP contribution < -0.4 is 0 Å². The maximum absolute atomic E-state index is 13.0. The number of hydrogen-bond acceptors (Lipinski definition) is 1. The number of carbonyl (C=O) groups is 1. The second-order valence-corrected chi connectivity index (χ2v) is 5.58. The lowest BCUT2D eigenvalue weighted by molar-refractivity contribution is 0.101. The van der Waals surface area contributed by atoms with Crippen LogP contribution in [0.1, 0.15) is 17.3 Å². The molecule has 0 bridgehead atoms. The fourth-order valence-corrected chi connectivity index (χ4v) is 2.82. The molecule has 0 atom stereocenters. The van der Waals surface area contributed by atoms with E-state index >= 15 is 0 Å². The van der Waals surface area contributed by atoms with E-state index in [2.05, 4.69) is 31.9 Å². The zero-order chi connectivity index (χ0) is 13.3. The largest absolute Gasteiger partial charge is 0.295 e. The van der Waals surface area contributed by atoms with Gasteiger partial charge in [0.15, 0.2) is 5.78 Å². The Morgan fingerprint density at radius 1 is 1.00 bits per heavy atom. The highest BCUT2D eigenvalue weighted by atomic mass is 79.9. The highest BCUT2D eigenvalue weighted by Crippen LogP contribution is 2.34. The summed E-state index contributed by atoms with van der Waals surface area (Å²) in [6, 6.07) is 9.91. The van der Waals surface area contributed by atoms with Gasteiger partial charge in [-0.25, -0.2) is 4.39 Å². The Bertz CT molecular complexity index is 623. The van der Waals surface area contributed by atoms with Gasteiger partial charge in [0.2, 0.25) is 0 Å². The summed E-state index contributed by atoms with van der Waals surface area (Å²) in [5.41, 5.74) is 2.43. The van der Waals surface area contributed by atoms with E-state index in [-0.39, 0.29) is 11.6 Å². The third kappa shape index (κ3) is 2.70. The molecule has 0 saturated carbocycles. The van der Waals surface area contributed by atoms with E-state index in [0.717, 1.165) is 15.6 Å². The lowest BCUT2D eigenvalue weighted by Gasteiger charge is -2.08. The van der Waals surface area contributed by atoms with Gasteiger partial charge in [0.25, 0.3) is 0 Å². The molecule has 0 saturated heterocycles. The Morgan fingerprint density at radius 2 is 1.56 bits per heavy atom. The van der Waals surface area contributed by atoms with Gasteiger partial charge in [0.1, 0.15) is 5.82 Å². The van der Waals surface area contributed by atoms with E-state index in [4.69, 9.17) is 0 Å². The summed E-state index contributed by atoms with van der Waals surface area (Å²) in [5, 5.41) is 0. The summed E-state index contributed by atoms with van der Waals surface area (Å²) < 4.78 is 14.5. The van der Waals surface area contributed by atoms with Gasteiger partial charge in [0.05, 0.1) is 0 Å². The van der Waals surface area contributed by atoms with Crippen molar-refractivity contribution in [3.05, 3.63) is 56.7 Å². The molecule has 0 aliphatic carbocycles. The average Bonchev–Trinajstić information content (AvgIpc) is 2.30. The monoisotopic (exact) mass is 370 g/mol. The molecule has 1 nitrogen and oxygen atoms in total. The highest BCUT2D eigenvalue weighted by molar-refractivity contribution is 9.11. The Hall–Kier alpha value is -1.00. The Kier molecular flexibility index (Phi) is 3.97. The van der Waals surface area contributed by atoms with Crippen LogP contribution in [0, 0.1) is 5.82 Å². The number of hydrogen-bond donors (Lipinski definition) is 0. The van der Waals surface area contributed by atoms with Crippen LogP contribution in [0.15, 0.2) is 45.3 Å². The molecule has 0 fully saturated rings. The van der Waals surface area contributed by atoms with Gasteiger partial charge in [-0.1, -0.05) is 50.1 Å². The van der Waals surface area contributed by atoms with Crippen molar-refractivity contribution < 1.29 is 9.18 Å². The Morgan fingerprint density at radius 3 is 2.06 bits per heavy atom. The molecule has 2 aromatic rings. The molecule has 0 aliphatic heterocycles. The minimum absolute atomic E-state index is 0.0143. The second kappa shape index (κ2) is 5.33. The number of Topliss-reactive ketones (excluding diaryl/α,β-unsaturated/α-hetero) is 1. The van der Waals surface area contributed by atoms with Gasteiger partial charge in [-0.05, 0) is 36.2 Å². The van der Waals surface area contributed by atoms with E-state index in [1.165, 1.54) is 19.1 Å². The van der Waals surface area contributed by atoms with Crippen LogP contribution in [0.2, 0.25) is 0 Å². The minimum Gasteiger partial charge on any atom is -0.295 e. The van der Waals surface area contributed by atoms with E-state index < -0.39 is 0 Å². The fourth-order valence-electron chi connectivity index (χ4n) is 1.66. The minimum atomic E-state index is -0.290. The van der Waals surface area contributed by atoms with Gasteiger partial charge < -0.3 is 0 Å². The van der Waals surface area contributed by atoms with Crippen molar-refractivity contribution in [2.45, 2.75) is 6.92 Å². The van der Waals surface area contributed by atoms with Crippen LogP contribution in [-0.4, -0.2) is 5.78 Å². The molecule has 0 aliphatic rings. The molecular formula is C14H9Br2FO. The van der Waals surface area contributed by atoms with Crippen LogP contribution in [0.5, 0.6) is 0 Å². The molecule has 0 spiro atoms. The molecule has 0 N–H and O–H groups in total. The summed E-state index contributed by atoms with van der Waals surface area (Å²) in [6.07, 6.45) is 0. The summed E-state index contributed by atoms with van der Waals surface area (Å²) in [7, 11) is 0. The molecule has 0 unspecified atom stereocenters. The van der Waals surface area contributed by atoms with Crippen molar-refractivity contribution in [1.29, 1.82) is 0 Å². The zero-order valence-electron chi connectivity index (χ0n) is 9.51. The predicted molar refractivity (Wildman–Crippen MR) is 77.2 cm³/mol. The van der Waals surface area contributed by atoms with Crippen LogP contribution in [0.4, 0.5) is 4.39 Å². The maximum atomic E-state index is 13.0. The molecule has 4 heteroatoms. The summed E-state index contributed by atoms with van der Waals surface area (Å²) >= 11 is 6.78. The van der Waals surface area contributed by atoms with E-state index in [0.29, 0.717) is 10.0 Å². The van der Waals surface area contributed by atoms with Crippen molar-refractivity contribution in [3.8, 4) is 11.1 Å². The summed E-state index contributed by atoms with van der Waals surface area (Å²) in [5.74, 6) is -0.275. The number of carbonyl (C=O) groups excluding carboxylic acids is 1. The van der Waals surface area contributed by atoms with Gasteiger partial charge in [0, 0.05) is 14.5 Å².